The number of aromatic nitrogens is 2. The average molecular weight is 490 g/mol. The molecule has 1 unspecified atom stereocenters. The first-order valence-electron chi connectivity index (χ1n) is 10.3. The van der Waals surface area contributed by atoms with Crippen molar-refractivity contribution < 1.29 is 24.0 Å². The van der Waals surface area contributed by atoms with Crippen molar-refractivity contribution in [2.45, 2.75) is 13.0 Å². The van der Waals surface area contributed by atoms with Crippen LogP contribution in [-0.4, -0.2) is 31.7 Å². The fourth-order valence-corrected chi connectivity index (χ4v) is 4.97. The highest BCUT2D eigenvalue weighted by molar-refractivity contribution is 7.22. The Kier molecular flexibility index (Phi) is 5.33. The van der Waals surface area contributed by atoms with Gasteiger partial charge in [0.2, 0.25) is 0 Å². The number of thiazole rings is 1. The first kappa shape index (κ1) is 22.3. The normalized spacial score (nSPS) is 17.3. The van der Waals surface area contributed by atoms with E-state index < -0.39 is 34.2 Å². The van der Waals surface area contributed by atoms with Gasteiger partial charge >= 0.3 is 5.91 Å². The fraction of sp³-hybridized carbons (Fsp3) is 0.0833. The molecule has 0 aliphatic carbocycles. The van der Waals surface area contributed by atoms with Crippen LogP contribution in [0.3, 0.4) is 0 Å². The van der Waals surface area contributed by atoms with Crippen molar-refractivity contribution in [2.24, 2.45) is 0 Å². The average Bonchev–Trinajstić information content (AvgIpc) is 3.38. The lowest BCUT2D eigenvalue weighted by atomic mass is 9.96. The van der Waals surface area contributed by atoms with Gasteiger partial charge in [-0.1, -0.05) is 17.4 Å². The van der Waals surface area contributed by atoms with E-state index in [4.69, 9.17) is 0 Å². The molecule has 1 amide bonds. The van der Waals surface area contributed by atoms with Gasteiger partial charge in [-0.2, -0.15) is 0 Å². The van der Waals surface area contributed by atoms with Crippen LogP contribution in [0.15, 0.2) is 66.5 Å². The number of nitrogens with zero attached hydrogens (tertiary/aromatic N) is 4. The molecule has 2 aromatic carbocycles. The molecule has 0 bridgehead atoms. The van der Waals surface area contributed by atoms with Gasteiger partial charge in [-0.3, -0.25) is 29.6 Å². The Labute approximate surface area is 200 Å². The number of amides is 1. The third-order valence-electron chi connectivity index (χ3n) is 5.65. The summed E-state index contributed by atoms with van der Waals surface area (Å²) in [7, 11) is 0. The second-order valence-electron chi connectivity index (χ2n) is 7.82. The second-order valence-corrected chi connectivity index (χ2v) is 8.83. The first-order valence-corrected chi connectivity index (χ1v) is 11.1. The number of aliphatic hydroxyl groups is 1. The molecule has 11 heteroatoms. The smallest absolute Gasteiger partial charge is 0.301 e. The lowest BCUT2D eigenvalue weighted by Gasteiger charge is -2.22. The summed E-state index contributed by atoms with van der Waals surface area (Å²) in [6, 6.07) is 10.2. The van der Waals surface area contributed by atoms with Gasteiger partial charge in [0.25, 0.3) is 11.5 Å². The molecular weight excluding hydrogens is 475 g/mol. The Bertz CT molecular complexity index is 1570. The number of rotatable bonds is 4. The summed E-state index contributed by atoms with van der Waals surface area (Å²) < 4.78 is 14.3. The number of hydrogen-bond acceptors (Lipinski definition) is 8. The third-order valence-corrected chi connectivity index (χ3v) is 6.67. The molecule has 3 heterocycles. The highest BCUT2D eigenvalue weighted by Crippen LogP contribution is 2.44. The Morgan fingerprint density at radius 3 is 2.69 bits per heavy atom. The number of benzene rings is 2. The van der Waals surface area contributed by atoms with Crippen LogP contribution in [0, 0.1) is 22.9 Å². The van der Waals surface area contributed by atoms with E-state index in [2.05, 4.69) is 9.97 Å². The van der Waals surface area contributed by atoms with Crippen molar-refractivity contribution in [3.8, 4) is 0 Å². The summed E-state index contributed by atoms with van der Waals surface area (Å²) in [5.74, 6) is -2.80. The van der Waals surface area contributed by atoms with E-state index in [0.717, 1.165) is 16.2 Å². The molecule has 5 rings (SSSR count). The van der Waals surface area contributed by atoms with Crippen LogP contribution >= 0.6 is 11.3 Å². The number of fused-ring (bicyclic) bond motifs is 1. The zero-order chi connectivity index (χ0) is 24.9. The summed E-state index contributed by atoms with van der Waals surface area (Å²) >= 11 is 1.01. The van der Waals surface area contributed by atoms with Crippen molar-refractivity contribution in [3.05, 3.63) is 99.1 Å². The lowest BCUT2D eigenvalue weighted by molar-refractivity contribution is -0.384. The minimum Gasteiger partial charge on any atom is -0.507 e. The molecule has 1 N–H and O–H groups in total. The number of hydrogen-bond donors (Lipinski definition) is 1. The van der Waals surface area contributed by atoms with E-state index in [0.29, 0.717) is 15.8 Å². The second kappa shape index (κ2) is 8.37. The van der Waals surface area contributed by atoms with Gasteiger partial charge in [-0.05, 0) is 48.4 Å². The van der Waals surface area contributed by atoms with Crippen LogP contribution in [-0.2, 0) is 9.59 Å². The highest BCUT2D eigenvalue weighted by atomic mass is 32.1. The van der Waals surface area contributed by atoms with Gasteiger partial charge < -0.3 is 5.11 Å². The van der Waals surface area contributed by atoms with Gasteiger partial charge in [0.1, 0.15) is 11.6 Å². The van der Waals surface area contributed by atoms with Crippen molar-refractivity contribution >= 4 is 49.8 Å². The number of pyridine rings is 1. The Hall–Kier alpha value is -4.51. The largest absolute Gasteiger partial charge is 0.507 e. The van der Waals surface area contributed by atoms with Gasteiger partial charge in [-0.15, -0.1) is 0 Å². The number of Topliss-reactive ketones (excluding diaryl/α,β-unsaturated/α-hetero) is 1. The summed E-state index contributed by atoms with van der Waals surface area (Å²) in [5.41, 5.74) is 0.961. The number of anilines is 1. The van der Waals surface area contributed by atoms with Crippen LogP contribution in [0.4, 0.5) is 15.2 Å². The van der Waals surface area contributed by atoms with Crippen molar-refractivity contribution in [3.63, 3.8) is 0 Å². The Morgan fingerprint density at radius 1 is 1.20 bits per heavy atom. The molecule has 1 fully saturated rings. The molecular formula is C24H15FN4O5S. The van der Waals surface area contributed by atoms with E-state index in [9.17, 15) is 29.2 Å². The van der Waals surface area contributed by atoms with Crippen LogP contribution < -0.4 is 4.90 Å². The topological polar surface area (TPSA) is 127 Å². The predicted molar refractivity (Wildman–Crippen MR) is 126 cm³/mol. The van der Waals surface area contributed by atoms with Crippen molar-refractivity contribution in [1.29, 1.82) is 0 Å². The molecule has 0 spiro atoms. The number of aryl methyl sites for hydroxylation is 1. The minimum atomic E-state index is -1.07. The zero-order valence-electron chi connectivity index (χ0n) is 18.0. The molecule has 0 saturated carbocycles. The molecule has 1 atom stereocenters. The number of ketones is 1. The maximum Gasteiger partial charge on any atom is 0.301 e. The van der Waals surface area contributed by atoms with E-state index in [-0.39, 0.29) is 27.5 Å². The number of non-ortho nitro benzene ring substituents is 1. The van der Waals surface area contributed by atoms with Crippen LogP contribution in [0.25, 0.3) is 16.0 Å². The van der Waals surface area contributed by atoms with Crippen LogP contribution in [0.1, 0.15) is 22.7 Å². The van der Waals surface area contributed by atoms with Gasteiger partial charge in [0.15, 0.2) is 5.13 Å². The first-order chi connectivity index (χ1) is 16.8. The molecule has 174 valence electrons. The van der Waals surface area contributed by atoms with E-state index in [1.165, 1.54) is 55.7 Å². The Morgan fingerprint density at radius 2 is 2.00 bits per heavy atom. The summed E-state index contributed by atoms with van der Waals surface area (Å²) in [6.07, 6.45) is 2.99. The van der Waals surface area contributed by atoms with E-state index in [1.807, 2.05) is 0 Å². The molecule has 0 radical (unpaired) electrons. The number of carbonyl (C=O) groups is 2. The molecule has 1 aliphatic heterocycles. The van der Waals surface area contributed by atoms with E-state index >= 15 is 0 Å². The summed E-state index contributed by atoms with van der Waals surface area (Å²) in [5, 5.41) is 22.4. The summed E-state index contributed by atoms with van der Waals surface area (Å²) in [4.78, 5) is 46.7. The van der Waals surface area contributed by atoms with Crippen LogP contribution in [0.2, 0.25) is 0 Å². The number of nitro benzene ring substituents is 1. The van der Waals surface area contributed by atoms with E-state index in [1.54, 1.807) is 12.1 Å². The van der Waals surface area contributed by atoms with Gasteiger partial charge in [0.05, 0.1) is 26.8 Å². The predicted octanol–water partition coefficient (Wildman–Crippen LogP) is 4.67. The molecule has 1 aliphatic rings. The minimum absolute atomic E-state index is 0.130. The molecule has 2 aromatic heterocycles. The number of carbonyl (C=O) groups excluding carboxylic acids is 2. The Balaban J connectivity index is 1.71. The highest BCUT2D eigenvalue weighted by Gasteiger charge is 2.48. The molecule has 4 aromatic rings. The maximum absolute atomic E-state index is 13.8. The zero-order valence-corrected chi connectivity index (χ0v) is 18.8. The van der Waals surface area contributed by atoms with Gasteiger partial charge in [0, 0.05) is 30.1 Å². The number of nitro groups is 1. The molecule has 9 nitrogen and oxygen atoms in total. The number of halogens is 1. The molecule has 35 heavy (non-hydrogen) atoms. The lowest BCUT2D eigenvalue weighted by Crippen LogP contribution is -2.29. The molecule has 1 saturated heterocycles. The van der Waals surface area contributed by atoms with Gasteiger partial charge in [-0.25, -0.2) is 9.37 Å². The third kappa shape index (κ3) is 3.71. The standard InChI is InChI=1S/C24H15FN4O5S/c1-12-9-13(4-6-16(12)25)21(30)19-20(14-3-2-8-26-11-14)28(23(32)22(19)31)24-27-17-7-5-15(29(33)34)10-18(17)35-24/h2-11,20,30H,1H3/b21-19+. The van der Waals surface area contributed by atoms with Crippen molar-refractivity contribution in [2.75, 3.05) is 4.90 Å². The van der Waals surface area contributed by atoms with Crippen LogP contribution in [0.5, 0.6) is 0 Å². The number of aliphatic hydroxyl groups excluding tert-OH is 1. The monoisotopic (exact) mass is 490 g/mol. The SMILES string of the molecule is Cc1cc(/C(O)=C2\C(=O)C(=O)N(c3nc4ccc([N+](=O)[O-])cc4s3)C2c2cccnc2)ccc1F. The van der Waals surface area contributed by atoms with Crippen molar-refractivity contribution in [1.82, 2.24) is 9.97 Å². The maximum atomic E-state index is 13.8. The fourth-order valence-electron chi connectivity index (χ4n) is 3.95. The summed E-state index contributed by atoms with van der Waals surface area (Å²) in [6.45, 7) is 1.52. The quantitative estimate of drug-likeness (QED) is 0.145.